The summed E-state index contributed by atoms with van der Waals surface area (Å²) in [6.45, 7) is -1.79. The van der Waals surface area contributed by atoms with Gasteiger partial charge in [-0.2, -0.15) is 13.5 Å². The van der Waals surface area contributed by atoms with Crippen molar-refractivity contribution in [1.29, 1.82) is 0 Å². The van der Waals surface area contributed by atoms with Crippen molar-refractivity contribution in [2.24, 2.45) is 11.8 Å². The van der Waals surface area contributed by atoms with Crippen molar-refractivity contribution in [3.8, 4) is 17.2 Å². The lowest BCUT2D eigenvalue weighted by Gasteiger charge is -2.26. The Morgan fingerprint density at radius 2 is 1.70 bits per heavy atom. The van der Waals surface area contributed by atoms with Crippen molar-refractivity contribution in [3.63, 3.8) is 0 Å². The van der Waals surface area contributed by atoms with Crippen LogP contribution in [0.3, 0.4) is 0 Å². The number of rotatable bonds is 15. The molecular weight excluding hydrogens is 641 g/mol. The fourth-order valence-corrected chi connectivity index (χ4v) is 6.31. The van der Waals surface area contributed by atoms with Gasteiger partial charge in [-0.3, -0.25) is 4.79 Å². The molecule has 3 saturated carbocycles. The van der Waals surface area contributed by atoms with Crippen LogP contribution in [0.4, 0.5) is 14.5 Å². The lowest BCUT2D eigenvalue weighted by atomic mass is 9.94. The number of anilines is 1. The van der Waals surface area contributed by atoms with Gasteiger partial charge in [0.05, 0.1) is 24.8 Å². The molecule has 3 aromatic rings. The van der Waals surface area contributed by atoms with Crippen LogP contribution in [0.1, 0.15) is 61.3 Å². The second-order valence-electron chi connectivity index (χ2n) is 12.5. The summed E-state index contributed by atoms with van der Waals surface area (Å²) in [4.78, 5) is 16.3. The molecule has 8 nitrogen and oxygen atoms in total. The second-order valence-corrected chi connectivity index (χ2v) is 13.3. The molecule has 0 amide bonds. The van der Waals surface area contributed by atoms with E-state index in [1.807, 2.05) is 25.2 Å². The fourth-order valence-electron chi connectivity index (χ4n) is 5.71. The topological polar surface area (TPSA) is 84.2 Å². The highest BCUT2D eigenvalue weighted by Crippen LogP contribution is 2.52. The van der Waals surface area contributed by atoms with Crippen molar-refractivity contribution in [1.82, 2.24) is 0 Å². The molecule has 3 fully saturated rings. The maximum absolute atomic E-state index is 14.1. The third-order valence-corrected chi connectivity index (χ3v) is 9.59. The van der Waals surface area contributed by atoms with E-state index < -0.39 is 24.1 Å². The lowest BCUT2D eigenvalue weighted by Crippen LogP contribution is -2.28. The first-order valence-corrected chi connectivity index (χ1v) is 16.2. The number of carbonyl (C=O) groups excluding carboxylic acids is 1. The standard InChI is InChI=1S/C34H36Cl2F2N2O6/c1-39(16-20-3-4-20)27-14-23(8-10-28(27)43-2)34(11-12-34)32(41)45-30(15-24-25(35)17-40(42)18-26(24)36)22-7-9-29(46-33(37)38)31(13-22)44-19-21-5-6-21/h7-10,13-14,17-18,20-21,30,33H,3-6,11-12,15-16,19H2,1-2H3. The summed E-state index contributed by atoms with van der Waals surface area (Å²) in [7, 11) is 3.65. The number of alkyl halides is 2. The number of hydrogen-bond acceptors (Lipinski definition) is 7. The minimum Gasteiger partial charge on any atom is -0.619 e. The molecule has 12 heteroatoms. The van der Waals surface area contributed by atoms with Crippen molar-refractivity contribution < 1.29 is 37.3 Å². The largest absolute Gasteiger partial charge is 0.619 e. The van der Waals surface area contributed by atoms with Crippen LogP contribution >= 0.6 is 23.2 Å². The second kappa shape index (κ2) is 13.3. The van der Waals surface area contributed by atoms with E-state index in [9.17, 15) is 18.8 Å². The summed E-state index contributed by atoms with van der Waals surface area (Å²) < 4.78 is 49.5. The van der Waals surface area contributed by atoms with E-state index in [-0.39, 0.29) is 28.0 Å². The molecule has 1 unspecified atom stereocenters. The van der Waals surface area contributed by atoms with Gasteiger partial charge in [0.1, 0.15) is 21.9 Å². The van der Waals surface area contributed by atoms with Crippen molar-refractivity contribution in [3.05, 3.63) is 80.7 Å². The van der Waals surface area contributed by atoms with Gasteiger partial charge in [0.25, 0.3) is 0 Å². The molecule has 6 rings (SSSR count). The smallest absolute Gasteiger partial charge is 0.387 e. The van der Waals surface area contributed by atoms with Crippen LogP contribution in [0, 0.1) is 17.0 Å². The molecule has 0 saturated heterocycles. The Kier molecular flexibility index (Phi) is 9.39. The van der Waals surface area contributed by atoms with Crippen LogP contribution in [0.5, 0.6) is 17.2 Å². The number of pyridine rings is 1. The minimum absolute atomic E-state index is 0.0232. The van der Waals surface area contributed by atoms with Gasteiger partial charge in [-0.15, -0.1) is 0 Å². The Hall–Kier alpha value is -3.50. The van der Waals surface area contributed by atoms with Gasteiger partial charge in [0, 0.05) is 25.6 Å². The Balaban J connectivity index is 1.32. The van der Waals surface area contributed by atoms with Gasteiger partial charge in [-0.1, -0.05) is 35.3 Å². The summed E-state index contributed by atoms with van der Waals surface area (Å²) in [5.41, 5.74) is 1.74. The monoisotopic (exact) mass is 676 g/mol. The number of benzene rings is 2. The van der Waals surface area contributed by atoms with Crippen molar-refractivity contribution in [2.45, 2.75) is 63.1 Å². The molecule has 46 heavy (non-hydrogen) atoms. The van der Waals surface area contributed by atoms with E-state index >= 15 is 0 Å². The van der Waals surface area contributed by atoms with E-state index in [0.717, 1.165) is 36.4 Å². The number of methoxy groups -OCH3 is 1. The highest BCUT2D eigenvalue weighted by molar-refractivity contribution is 6.35. The van der Waals surface area contributed by atoms with Crippen LogP contribution in [-0.2, 0) is 21.4 Å². The molecule has 0 bridgehead atoms. The number of esters is 1. The summed E-state index contributed by atoms with van der Waals surface area (Å²) in [5, 5.41) is 12.1. The molecule has 0 aliphatic heterocycles. The first-order valence-electron chi connectivity index (χ1n) is 15.4. The highest BCUT2D eigenvalue weighted by atomic mass is 35.5. The molecule has 246 valence electrons. The van der Waals surface area contributed by atoms with Crippen LogP contribution in [0.15, 0.2) is 48.8 Å². The van der Waals surface area contributed by atoms with Gasteiger partial charge >= 0.3 is 12.6 Å². The molecule has 0 N–H and O–H groups in total. The van der Waals surface area contributed by atoms with E-state index in [1.165, 1.54) is 31.3 Å². The Bertz CT molecular complexity index is 1570. The SMILES string of the molecule is COc1ccc(C2(C(=O)OC(Cc3c(Cl)c[n+]([O-])cc3Cl)c3ccc(OC(F)F)c(OCC4CC4)c3)CC2)cc1N(C)CC1CC1. The molecule has 3 aliphatic rings. The van der Waals surface area contributed by atoms with Crippen LogP contribution in [0.2, 0.25) is 10.0 Å². The predicted molar refractivity (Wildman–Crippen MR) is 169 cm³/mol. The molecule has 0 radical (unpaired) electrons. The maximum Gasteiger partial charge on any atom is 0.387 e. The van der Waals surface area contributed by atoms with Crippen molar-refractivity contribution >= 4 is 34.9 Å². The third kappa shape index (κ3) is 7.39. The van der Waals surface area contributed by atoms with E-state index in [4.69, 9.17) is 42.1 Å². The normalized spacial score (nSPS) is 17.4. The fraction of sp³-hybridized carbons (Fsp3) is 0.471. The number of aromatic nitrogens is 1. The molecule has 3 aliphatic carbocycles. The average Bonchev–Trinajstić information content (AvgIpc) is 3.87. The van der Waals surface area contributed by atoms with Crippen LogP contribution < -0.4 is 23.8 Å². The zero-order valence-electron chi connectivity index (χ0n) is 25.6. The van der Waals surface area contributed by atoms with Gasteiger partial charge in [-0.25, -0.2) is 0 Å². The lowest BCUT2D eigenvalue weighted by molar-refractivity contribution is -0.605. The number of ether oxygens (including phenoxy) is 4. The summed E-state index contributed by atoms with van der Waals surface area (Å²) in [5.74, 6) is 1.30. The minimum atomic E-state index is -3.05. The number of hydrogen-bond donors (Lipinski definition) is 0. The Labute approximate surface area is 276 Å². The summed E-state index contributed by atoms with van der Waals surface area (Å²) in [6, 6.07) is 10.3. The zero-order chi connectivity index (χ0) is 32.6. The van der Waals surface area contributed by atoms with E-state index in [1.54, 1.807) is 19.2 Å². The van der Waals surface area contributed by atoms with Crippen molar-refractivity contribution in [2.75, 3.05) is 32.2 Å². The third-order valence-electron chi connectivity index (χ3n) is 8.94. The Morgan fingerprint density at radius 1 is 1.02 bits per heavy atom. The molecule has 1 heterocycles. The van der Waals surface area contributed by atoms with Crippen LogP contribution in [0.25, 0.3) is 0 Å². The first kappa shape index (κ1) is 32.4. The maximum atomic E-state index is 14.1. The summed E-state index contributed by atoms with van der Waals surface area (Å²) >= 11 is 12.9. The highest BCUT2D eigenvalue weighted by Gasteiger charge is 2.54. The number of nitrogens with zero attached hydrogens (tertiary/aromatic N) is 2. The van der Waals surface area contributed by atoms with Crippen LogP contribution in [-0.4, -0.2) is 39.9 Å². The average molecular weight is 678 g/mol. The van der Waals surface area contributed by atoms with E-state index in [2.05, 4.69) is 4.90 Å². The zero-order valence-corrected chi connectivity index (χ0v) is 27.2. The molecule has 0 spiro atoms. The summed E-state index contributed by atoms with van der Waals surface area (Å²) in [6.07, 6.45) is 7.02. The number of halogens is 4. The number of carbonyl (C=O) groups is 1. The molecular formula is C34H36Cl2F2N2O6. The molecule has 2 aromatic carbocycles. The van der Waals surface area contributed by atoms with Gasteiger partial charge in [0.2, 0.25) is 0 Å². The van der Waals surface area contributed by atoms with Gasteiger partial charge in [0.15, 0.2) is 23.9 Å². The molecule has 1 aromatic heterocycles. The van der Waals surface area contributed by atoms with Gasteiger partial charge < -0.3 is 29.1 Å². The predicted octanol–water partition coefficient (Wildman–Crippen LogP) is 7.43. The molecule has 1 atom stereocenters. The quantitative estimate of drug-likeness (QED) is 0.0940. The first-order chi connectivity index (χ1) is 22.1. The van der Waals surface area contributed by atoms with Gasteiger partial charge in [-0.05, 0) is 85.8 Å². The van der Waals surface area contributed by atoms with E-state index in [0.29, 0.717) is 47.1 Å². The Morgan fingerprint density at radius 3 is 2.30 bits per heavy atom.